The van der Waals surface area contributed by atoms with Crippen molar-refractivity contribution in [3.05, 3.63) is 36.0 Å². The van der Waals surface area contributed by atoms with E-state index in [2.05, 4.69) is 10.3 Å². The second-order valence-corrected chi connectivity index (χ2v) is 8.54. The van der Waals surface area contributed by atoms with Gasteiger partial charge in [-0.3, -0.25) is 9.78 Å². The number of thiazole rings is 1. The van der Waals surface area contributed by atoms with Gasteiger partial charge in [0.1, 0.15) is 6.04 Å². The van der Waals surface area contributed by atoms with Crippen LogP contribution in [-0.2, 0) is 14.8 Å². The van der Waals surface area contributed by atoms with Crippen LogP contribution in [0.15, 0.2) is 40.9 Å². The van der Waals surface area contributed by atoms with E-state index in [4.69, 9.17) is 0 Å². The van der Waals surface area contributed by atoms with E-state index < -0.39 is 16.1 Å². The van der Waals surface area contributed by atoms with E-state index in [1.165, 1.54) is 22.7 Å². The molecule has 24 heavy (non-hydrogen) atoms. The van der Waals surface area contributed by atoms with Gasteiger partial charge in [0.2, 0.25) is 15.9 Å². The first-order valence-corrected chi connectivity index (χ1v) is 10.1. The van der Waals surface area contributed by atoms with Crippen LogP contribution in [0.3, 0.4) is 0 Å². The van der Waals surface area contributed by atoms with Gasteiger partial charge in [-0.25, -0.2) is 8.42 Å². The smallest absolute Gasteiger partial charge is 0.244 e. The zero-order chi connectivity index (χ0) is 17.2. The molecule has 1 amide bonds. The monoisotopic (exact) mass is 365 g/mol. The molecule has 1 aliphatic rings. The summed E-state index contributed by atoms with van der Waals surface area (Å²) < 4.78 is 27.5. The fraction of sp³-hybridized carbons (Fsp3) is 0.375. The molecule has 0 unspecified atom stereocenters. The van der Waals surface area contributed by atoms with E-state index in [1.807, 2.05) is 0 Å². The molecule has 0 aliphatic carbocycles. The van der Waals surface area contributed by atoms with Gasteiger partial charge in [-0.1, -0.05) is 18.2 Å². The fourth-order valence-electron chi connectivity index (χ4n) is 2.84. The lowest BCUT2D eigenvalue weighted by Crippen LogP contribution is -2.46. The molecular weight excluding hydrogens is 346 g/mol. The molecule has 1 saturated heterocycles. The summed E-state index contributed by atoms with van der Waals surface area (Å²) in [6.07, 6.45) is 3.87. The molecule has 1 atom stereocenters. The SMILES string of the molecule is CN([C@@H]1CCCCNC1=O)S(=O)(=O)c1ccccc1-c1cncs1. The lowest BCUT2D eigenvalue weighted by molar-refractivity contribution is -0.124. The van der Waals surface area contributed by atoms with E-state index in [0.717, 1.165) is 17.7 Å². The summed E-state index contributed by atoms with van der Waals surface area (Å²) in [6.45, 7) is 0.598. The number of likely N-dealkylation sites (N-methyl/N-ethyl adjacent to an activating group) is 1. The van der Waals surface area contributed by atoms with Crippen molar-refractivity contribution in [1.29, 1.82) is 0 Å². The minimum absolute atomic E-state index is 0.203. The van der Waals surface area contributed by atoms with Crippen molar-refractivity contribution in [3.8, 4) is 10.4 Å². The van der Waals surface area contributed by atoms with E-state index >= 15 is 0 Å². The highest BCUT2D eigenvalue weighted by Gasteiger charge is 2.34. The molecule has 0 radical (unpaired) electrons. The first kappa shape index (κ1) is 17.1. The van der Waals surface area contributed by atoms with Crippen LogP contribution < -0.4 is 5.32 Å². The fourth-order valence-corrected chi connectivity index (χ4v) is 5.12. The highest BCUT2D eigenvalue weighted by Crippen LogP contribution is 2.32. The topological polar surface area (TPSA) is 79.4 Å². The van der Waals surface area contributed by atoms with Crippen LogP contribution in [0.1, 0.15) is 19.3 Å². The Morgan fingerprint density at radius 2 is 2.08 bits per heavy atom. The summed E-state index contributed by atoms with van der Waals surface area (Å²) in [6, 6.07) is 6.16. The third-order valence-electron chi connectivity index (χ3n) is 4.19. The molecule has 3 rings (SSSR count). The van der Waals surface area contributed by atoms with Crippen LogP contribution in [0, 0.1) is 0 Å². The summed E-state index contributed by atoms with van der Waals surface area (Å²) in [5.41, 5.74) is 2.28. The van der Waals surface area contributed by atoms with Crippen LogP contribution >= 0.6 is 11.3 Å². The molecule has 8 heteroatoms. The van der Waals surface area contributed by atoms with Gasteiger partial charge in [0, 0.05) is 25.4 Å². The Morgan fingerprint density at radius 1 is 1.29 bits per heavy atom. The second kappa shape index (κ2) is 7.00. The van der Waals surface area contributed by atoms with Gasteiger partial charge in [0.25, 0.3) is 0 Å². The van der Waals surface area contributed by atoms with Crippen LogP contribution in [-0.4, -0.2) is 43.2 Å². The summed E-state index contributed by atoms with van der Waals surface area (Å²) in [5.74, 6) is -0.228. The largest absolute Gasteiger partial charge is 0.355 e. The summed E-state index contributed by atoms with van der Waals surface area (Å²) in [5, 5.41) is 2.79. The average molecular weight is 365 g/mol. The lowest BCUT2D eigenvalue weighted by atomic mass is 10.1. The first-order chi connectivity index (χ1) is 11.5. The third kappa shape index (κ3) is 3.22. The Balaban J connectivity index is 2.00. The van der Waals surface area contributed by atoms with Gasteiger partial charge in [-0.15, -0.1) is 11.3 Å². The Kier molecular flexibility index (Phi) is 4.98. The molecule has 6 nitrogen and oxygen atoms in total. The Morgan fingerprint density at radius 3 is 2.83 bits per heavy atom. The number of benzene rings is 1. The van der Waals surface area contributed by atoms with Crippen molar-refractivity contribution in [2.24, 2.45) is 0 Å². The lowest BCUT2D eigenvalue weighted by Gasteiger charge is -2.26. The predicted molar refractivity (Wildman–Crippen MR) is 93.1 cm³/mol. The van der Waals surface area contributed by atoms with Crippen LogP contribution in [0.4, 0.5) is 0 Å². The maximum atomic E-state index is 13.1. The van der Waals surface area contributed by atoms with Gasteiger partial charge in [-0.05, 0) is 25.3 Å². The maximum Gasteiger partial charge on any atom is 0.244 e. The molecule has 2 heterocycles. The van der Waals surface area contributed by atoms with Gasteiger partial charge < -0.3 is 5.32 Å². The van der Waals surface area contributed by atoms with Crippen molar-refractivity contribution >= 4 is 27.3 Å². The third-order valence-corrected chi connectivity index (χ3v) is 6.92. The van der Waals surface area contributed by atoms with E-state index in [-0.39, 0.29) is 10.8 Å². The van der Waals surface area contributed by atoms with Crippen molar-refractivity contribution in [3.63, 3.8) is 0 Å². The number of nitrogens with zero attached hydrogens (tertiary/aromatic N) is 2. The molecule has 1 N–H and O–H groups in total. The van der Waals surface area contributed by atoms with Crippen molar-refractivity contribution < 1.29 is 13.2 Å². The number of aromatic nitrogens is 1. The van der Waals surface area contributed by atoms with Gasteiger partial charge in [-0.2, -0.15) is 4.31 Å². The summed E-state index contributed by atoms with van der Waals surface area (Å²) >= 11 is 1.38. The molecule has 2 aromatic rings. The molecule has 128 valence electrons. The quantitative estimate of drug-likeness (QED) is 0.900. The molecule has 0 bridgehead atoms. The molecule has 1 aromatic heterocycles. The Hall–Kier alpha value is -1.77. The summed E-state index contributed by atoms with van der Waals surface area (Å²) in [7, 11) is -2.31. The zero-order valence-electron chi connectivity index (χ0n) is 13.3. The molecule has 0 saturated carbocycles. The van der Waals surface area contributed by atoms with Gasteiger partial charge >= 0.3 is 0 Å². The molecule has 1 fully saturated rings. The number of amides is 1. The van der Waals surface area contributed by atoms with Gasteiger partial charge in [0.05, 0.1) is 15.3 Å². The van der Waals surface area contributed by atoms with E-state index in [9.17, 15) is 13.2 Å². The van der Waals surface area contributed by atoms with E-state index in [1.54, 1.807) is 36.0 Å². The number of carbonyl (C=O) groups excluding carboxylic acids is 1. The molecule has 1 aromatic carbocycles. The number of nitrogens with one attached hydrogen (secondary N) is 1. The van der Waals surface area contributed by atoms with E-state index in [0.29, 0.717) is 18.5 Å². The maximum absolute atomic E-state index is 13.1. The Bertz CT molecular complexity index is 819. The zero-order valence-corrected chi connectivity index (χ0v) is 14.9. The normalized spacial score (nSPS) is 19.1. The van der Waals surface area contributed by atoms with Crippen molar-refractivity contribution in [1.82, 2.24) is 14.6 Å². The number of rotatable bonds is 4. The summed E-state index contributed by atoms with van der Waals surface area (Å²) in [4.78, 5) is 17.2. The second-order valence-electron chi connectivity index (χ2n) is 5.69. The van der Waals surface area contributed by atoms with Crippen LogP contribution in [0.2, 0.25) is 0 Å². The van der Waals surface area contributed by atoms with Crippen molar-refractivity contribution in [2.45, 2.75) is 30.2 Å². The number of carbonyl (C=O) groups is 1. The minimum atomic E-state index is -3.79. The molecular formula is C16H19N3O3S2. The standard InChI is InChI=1S/C16H19N3O3S2/c1-19(13-7-4-5-9-18-16(13)20)24(21,22)15-8-3-2-6-12(15)14-10-17-11-23-14/h2-3,6,8,10-11,13H,4-5,7,9H2,1H3,(H,18,20)/t13-/m1/s1. The number of sulfonamides is 1. The first-order valence-electron chi connectivity index (χ1n) is 7.75. The molecule has 0 spiro atoms. The Labute approximate surface area is 145 Å². The van der Waals surface area contributed by atoms with Crippen molar-refractivity contribution in [2.75, 3.05) is 13.6 Å². The predicted octanol–water partition coefficient (Wildman–Crippen LogP) is 2.10. The molecule has 1 aliphatic heterocycles. The minimum Gasteiger partial charge on any atom is -0.355 e. The average Bonchev–Trinajstić information content (AvgIpc) is 3.03. The van der Waals surface area contributed by atoms with Crippen LogP contribution in [0.25, 0.3) is 10.4 Å². The highest BCUT2D eigenvalue weighted by molar-refractivity contribution is 7.89. The van der Waals surface area contributed by atoms with Crippen LogP contribution in [0.5, 0.6) is 0 Å². The van der Waals surface area contributed by atoms with Gasteiger partial charge in [0.15, 0.2) is 0 Å². The highest BCUT2D eigenvalue weighted by atomic mass is 32.2. The number of hydrogen-bond donors (Lipinski definition) is 1. The number of hydrogen-bond acceptors (Lipinski definition) is 5.